The third-order valence-electron chi connectivity index (χ3n) is 3.31. The molecule has 0 amide bonds. The molecule has 1 aromatic heterocycles. The molecule has 1 aromatic rings. The van der Waals surface area contributed by atoms with Gasteiger partial charge < -0.3 is 0 Å². The van der Waals surface area contributed by atoms with Crippen molar-refractivity contribution in [2.45, 2.75) is 24.3 Å². The van der Waals surface area contributed by atoms with E-state index in [1.165, 1.54) is 16.6 Å². The fourth-order valence-corrected chi connectivity index (χ4v) is 4.50. The molecule has 0 radical (unpaired) electrons. The smallest absolute Gasteiger partial charge is 0.241 e. The maximum Gasteiger partial charge on any atom is 0.263 e. The zero-order valence-electron chi connectivity index (χ0n) is 10.4. The Morgan fingerprint density at radius 1 is 1.53 bits per heavy atom. The highest BCUT2D eigenvalue weighted by Crippen LogP contribution is 2.25. The molecule has 0 aromatic carbocycles. The summed E-state index contributed by atoms with van der Waals surface area (Å²) in [6, 6.07) is 2.51. The van der Waals surface area contributed by atoms with Gasteiger partial charge in [0.2, 0.25) is 5.03 Å². The Morgan fingerprint density at radius 2 is 2.32 bits per heavy atom. The van der Waals surface area contributed by atoms with Crippen LogP contribution in [0.4, 0.5) is 4.39 Å². The minimum absolute atomic E-state index is 0.328. The summed E-state index contributed by atoms with van der Waals surface area (Å²) in [5.74, 6) is -0.459. The number of hydrogen-bond acceptors (Lipinski definition) is 3. The first-order chi connectivity index (χ1) is 9.05. The minimum atomic E-state index is -3.81. The molecule has 19 heavy (non-hydrogen) atoms. The van der Waals surface area contributed by atoms with E-state index in [1.54, 1.807) is 0 Å². The Labute approximate surface area is 121 Å². The molecular weight excluding hydrogens is 335 g/mol. The monoisotopic (exact) mass is 350 g/mol. The van der Waals surface area contributed by atoms with Crippen LogP contribution in [0.5, 0.6) is 0 Å². The van der Waals surface area contributed by atoms with Gasteiger partial charge in [-0.2, -0.15) is 4.31 Å². The van der Waals surface area contributed by atoms with E-state index in [-0.39, 0.29) is 0 Å². The Balaban J connectivity index is 2.22. The normalized spacial score (nSPS) is 21.5. The Kier molecular flexibility index (Phi) is 4.92. The van der Waals surface area contributed by atoms with Crippen molar-refractivity contribution in [3.63, 3.8) is 0 Å². The molecule has 0 saturated carbocycles. The number of aromatic nitrogens is 1. The van der Waals surface area contributed by atoms with Gasteiger partial charge in [0, 0.05) is 24.6 Å². The average molecular weight is 351 g/mol. The Bertz CT molecular complexity index is 536. The van der Waals surface area contributed by atoms with Gasteiger partial charge in [0.05, 0.1) is 0 Å². The number of piperidine rings is 1. The van der Waals surface area contributed by atoms with E-state index in [0.717, 1.165) is 30.7 Å². The number of alkyl halides is 1. The van der Waals surface area contributed by atoms with Gasteiger partial charge >= 0.3 is 0 Å². The lowest BCUT2D eigenvalue weighted by Gasteiger charge is -2.31. The van der Waals surface area contributed by atoms with Crippen molar-refractivity contribution in [2.75, 3.05) is 18.4 Å². The molecule has 1 saturated heterocycles. The second kappa shape index (κ2) is 6.28. The number of halogens is 2. The van der Waals surface area contributed by atoms with Crippen LogP contribution in [-0.4, -0.2) is 36.1 Å². The van der Waals surface area contributed by atoms with Crippen LogP contribution in [0.2, 0.25) is 0 Å². The van der Waals surface area contributed by atoms with Crippen molar-refractivity contribution in [3.05, 3.63) is 24.1 Å². The van der Waals surface area contributed by atoms with E-state index in [2.05, 4.69) is 20.9 Å². The zero-order chi connectivity index (χ0) is 13.9. The van der Waals surface area contributed by atoms with Crippen molar-refractivity contribution >= 4 is 26.0 Å². The maximum atomic E-state index is 13.6. The fourth-order valence-electron chi connectivity index (χ4n) is 2.32. The predicted octanol–water partition coefficient (Wildman–Crippen LogP) is 2.41. The molecule has 0 N–H and O–H groups in total. The second-order valence-electron chi connectivity index (χ2n) is 4.64. The van der Waals surface area contributed by atoms with Crippen LogP contribution in [0.15, 0.2) is 23.4 Å². The Morgan fingerprint density at radius 3 is 3.00 bits per heavy atom. The molecule has 0 spiro atoms. The first-order valence-corrected chi connectivity index (χ1v) is 8.78. The molecule has 1 unspecified atom stereocenters. The lowest BCUT2D eigenvalue weighted by molar-refractivity contribution is 0.261. The van der Waals surface area contributed by atoms with E-state index >= 15 is 0 Å². The topological polar surface area (TPSA) is 50.3 Å². The number of sulfonamides is 1. The molecule has 1 fully saturated rings. The van der Waals surface area contributed by atoms with Crippen LogP contribution in [0.3, 0.4) is 0 Å². The summed E-state index contributed by atoms with van der Waals surface area (Å²) in [7, 11) is -3.81. The molecule has 2 heterocycles. The van der Waals surface area contributed by atoms with Gasteiger partial charge in [-0.25, -0.2) is 17.8 Å². The van der Waals surface area contributed by atoms with Gasteiger partial charge in [-0.1, -0.05) is 15.9 Å². The predicted molar refractivity (Wildman–Crippen MR) is 74.1 cm³/mol. The number of hydrogen-bond donors (Lipinski definition) is 0. The summed E-state index contributed by atoms with van der Waals surface area (Å²) < 4.78 is 39.7. The Hall–Kier alpha value is -0.530. The van der Waals surface area contributed by atoms with Crippen molar-refractivity contribution < 1.29 is 12.8 Å². The van der Waals surface area contributed by atoms with Crippen LogP contribution in [0.25, 0.3) is 0 Å². The van der Waals surface area contributed by atoms with E-state index in [1.807, 2.05) is 0 Å². The van der Waals surface area contributed by atoms with Gasteiger partial charge in [0.25, 0.3) is 10.0 Å². The molecule has 1 aliphatic heterocycles. The molecule has 0 bridgehead atoms. The van der Waals surface area contributed by atoms with E-state index in [9.17, 15) is 12.8 Å². The lowest BCUT2D eigenvalue weighted by Crippen LogP contribution is -2.40. The SMILES string of the molecule is O=S(=O)(c1ncccc1F)N1CCCC(CCBr)C1. The van der Waals surface area contributed by atoms with Crippen LogP contribution >= 0.6 is 15.9 Å². The van der Waals surface area contributed by atoms with Crippen molar-refractivity contribution in [2.24, 2.45) is 5.92 Å². The zero-order valence-corrected chi connectivity index (χ0v) is 12.8. The van der Waals surface area contributed by atoms with Crippen molar-refractivity contribution in [3.8, 4) is 0 Å². The van der Waals surface area contributed by atoms with E-state index in [4.69, 9.17) is 0 Å². The number of rotatable bonds is 4. The van der Waals surface area contributed by atoms with Crippen LogP contribution in [-0.2, 0) is 10.0 Å². The quantitative estimate of drug-likeness (QED) is 0.783. The minimum Gasteiger partial charge on any atom is -0.241 e. The summed E-state index contributed by atoms with van der Waals surface area (Å²) in [6.07, 6.45) is 4.06. The van der Waals surface area contributed by atoms with Crippen molar-refractivity contribution in [1.82, 2.24) is 9.29 Å². The standard InChI is InChI=1S/C12H16BrFN2O2S/c13-6-5-10-3-2-8-16(9-10)19(17,18)12-11(14)4-1-7-15-12/h1,4,7,10H,2-3,5-6,8-9H2. The number of nitrogens with zero attached hydrogens (tertiary/aromatic N) is 2. The molecule has 1 atom stereocenters. The summed E-state index contributed by atoms with van der Waals surface area (Å²) in [4.78, 5) is 3.68. The highest BCUT2D eigenvalue weighted by atomic mass is 79.9. The molecule has 0 aliphatic carbocycles. The van der Waals surface area contributed by atoms with Gasteiger partial charge in [-0.05, 0) is 37.3 Å². The maximum absolute atomic E-state index is 13.6. The van der Waals surface area contributed by atoms with Gasteiger partial charge in [0.1, 0.15) is 0 Å². The fraction of sp³-hybridized carbons (Fsp3) is 0.583. The first kappa shape index (κ1) is 14.9. The van der Waals surface area contributed by atoms with Crippen LogP contribution < -0.4 is 0 Å². The molecule has 4 nitrogen and oxygen atoms in total. The van der Waals surface area contributed by atoms with Crippen LogP contribution in [0, 0.1) is 11.7 Å². The third kappa shape index (κ3) is 3.32. The second-order valence-corrected chi connectivity index (χ2v) is 7.29. The van der Waals surface area contributed by atoms with E-state index in [0.29, 0.717) is 19.0 Å². The molecular formula is C12H16BrFN2O2S. The summed E-state index contributed by atoms with van der Waals surface area (Å²) in [5.41, 5.74) is 0. The molecule has 1 aliphatic rings. The largest absolute Gasteiger partial charge is 0.263 e. The highest BCUT2D eigenvalue weighted by molar-refractivity contribution is 9.09. The summed E-state index contributed by atoms with van der Waals surface area (Å²) >= 11 is 3.37. The van der Waals surface area contributed by atoms with E-state index < -0.39 is 20.9 Å². The first-order valence-electron chi connectivity index (χ1n) is 6.22. The summed E-state index contributed by atoms with van der Waals surface area (Å²) in [5, 5.41) is 0.387. The third-order valence-corrected chi connectivity index (χ3v) is 5.57. The highest BCUT2D eigenvalue weighted by Gasteiger charge is 2.32. The average Bonchev–Trinajstić information content (AvgIpc) is 2.40. The van der Waals surface area contributed by atoms with Crippen molar-refractivity contribution in [1.29, 1.82) is 0 Å². The van der Waals surface area contributed by atoms with Gasteiger partial charge in [0.15, 0.2) is 5.82 Å². The van der Waals surface area contributed by atoms with Gasteiger partial charge in [-0.15, -0.1) is 0 Å². The number of pyridine rings is 1. The summed E-state index contributed by atoms with van der Waals surface area (Å²) in [6.45, 7) is 0.890. The van der Waals surface area contributed by atoms with Crippen LogP contribution in [0.1, 0.15) is 19.3 Å². The lowest BCUT2D eigenvalue weighted by atomic mass is 9.97. The van der Waals surface area contributed by atoms with Gasteiger partial charge in [-0.3, -0.25) is 0 Å². The molecule has 106 valence electrons. The molecule has 2 rings (SSSR count). The molecule has 7 heteroatoms.